The zero-order valence-electron chi connectivity index (χ0n) is 13.5. The average molecular weight is 374 g/mol. The first-order chi connectivity index (χ1) is 12.1. The van der Waals surface area contributed by atoms with Gasteiger partial charge < -0.3 is 10.7 Å². The number of amides is 1. The van der Waals surface area contributed by atoms with Gasteiger partial charge in [0.2, 0.25) is 11.1 Å². The maximum atomic E-state index is 12.3. The van der Waals surface area contributed by atoms with Crippen LogP contribution in [0.15, 0.2) is 59.8 Å². The second-order valence-electron chi connectivity index (χ2n) is 5.26. The van der Waals surface area contributed by atoms with E-state index in [-0.39, 0.29) is 11.7 Å². The Labute approximate surface area is 154 Å². The minimum atomic E-state index is -0.0523. The fourth-order valence-electron chi connectivity index (χ4n) is 2.22. The van der Waals surface area contributed by atoms with Crippen LogP contribution < -0.4 is 10.7 Å². The number of nitrogen functional groups attached to an aromatic ring is 1. The summed E-state index contributed by atoms with van der Waals surface area (Å²) in [6.45, 7) is 0. The van der Waals surface area contributed by atoms with Gasteiger partial charge >= 0.3 is 0 Å². The average Bonchev–Trinajstić information content (AvgIpc) is 3.00. The van der Waals surface area contributed by atoms with Gasteiger partial charge in [-0.25, -0.2) is 4.68 Å². The van der Waals surface area contributed by atoms with Crippen LogP contribution in [0.1, 0.15) is 0 Å². The number of benzene rings is 2. The largest absolute Gasteiger partial charge is 0.335 e. The molecule has 1 heterocycles. The first-order valence-electron chi connectivity index (χ1n) is 7.47. The van der Waals surface area contributed by atoms with Gasteiger partial charge in [-0.1, -0.05) is 53.7 Å². The first-order valence-corrected chi connectivity index (χ1v) is 8.83. The summed E-state index contributed by atoms with van der Waals surface area (Å²) in [6.07, 6.45) is 0. The Kier molecular flexibility index (Phi) is 5.25. The molecule has 1 aromatic heterocycles. The highest BCUT2D eigenvalue weighted by atomic mass is 35.5. The smallest absolute Gasteiger partial charge is 0.237 e. The van der Waals surface area contributed by atoms with Crippen LogP contribution in [0.25, 0.3) is 11.4 Å². The highest BCUT2D eigenvalue weighted by Gasteiger charge is 2.16. The number of carbonyl (C=O) groups is 1. The van der Waals surface area contributed by atoms with E-state index in [1.807, 2.05) is 42.5 Å². The van der Waals surface area contributed by atoms with E-state index in [1.165, 1.54) is 16.4 Å². The Morgan fingerprint density at radius 2 is 1.96 bits per heavy atom. The topological polar surface area (TPSA) is 77.0 Å². The highest BCUT2D eigenvalue weighted by Crippen LogP contribution is 2.24. The number of carbonyl (C=O) groups excluding carboxylic acids is 1. The number of hydrogen-bond acceptors (Lipinski definition) is 5. The molecular weight excluding hydrogens is 358 g/mol. The molecule has 3 rings (SSSR count). The van der Waals surface area contributed by atoms with E-state index in [9.17, 15) is 4.79 Å². The lowest BCUT2D eigenvalue weighted by atomic mass is 10.2. The van der Waals surface area contributed by atoms with Gasteiger partial charge in [0.25, 0.3) is 0 Å². The number of thioether (sulfide) groups is 1. The summed E-state index contributed by atoms with van der Waals surface area (Å²) in [4.78, 5) is 13.9. The first kappa shape index (κ1) is 17.3. The van der Waals surface area contributed by atoms with E-state index in [1.54, 1.807) is 24.1 Å². The van der Waals surface area contributed by atoms with Crippen molar-refractivity contribution in [3.05, 3.63) is 59.6 Å². The summed E-state index contributed by atoms with van der Waals surface area (Å²) in [5.41, 5.74) is 1.60. The second kappa shape index (κ2) is 7.58. The van der Waals surface area contributed by atoms with Crippen LogP contribution in [0.3, 0.4) is 0 Å². The van der Waals surface area contributed by atoms with Crippen molar-refractivity contribution in [2.75, 3.05) is 23.5 Å². The molecule has 0 fully saturated rings. The van der Waals surface area contributed by atoms with E-state index in [0.717, 1.165) is 11.3 Å². The molecule has 6 nitrogen and oxygen atoms in total. The van der Waals surface area contributed by atoms with Crippen molar-refractivity contribution in [3.8, 4) is 11.4 Å². The number of hydrogen-bond donors (Lipinski definition) is 1. The van der Waals surface area contributed by atoms with Gasteiger partial charge in [0.05, 0.1) is 5.75 Å². The minimum absolute atomic E-state index is 0.0523. The predicted molar refractivity (Wildman–Crippen MR) is 101 cm³/mol. The van der Waals surface area contributed by atoms with Gasteiger partial charge in [-0.05, 0) is 24.3 Å². The quantitative estimate of drug-likeness (QED) is 0.549. The molecule has 0 aliphatic heterocycles. The standard InChI is InChI=1S/C17H16ClN5OS/c1-22(14-8-3-2-4-9-14)15(24)11-25-17-21-20-16(23(17)19)12-6-5-7-13(18)10-12/h2-10H,11,19H2,1H3. The van der Waals surface area contributed by atoms with Crippen molar-refractivity contribution in [1.82, 2.24) is 14.9 Å². The molecule has 3 aromatic rings. The number of nitrogens with zero attached hydrogens (tertiary/aromatic N) is 4. The number of nitrogens with two attached hydrogens (primary N) is 1. The molecular formula is C17H16ClN5OS. The Hall–Kier alpha value is -2.51. The number of rotatable bonds is 5. The van der Waals surface area contributed by atoms with E-state index >= 15 is 0 Å². The van der Waals surface area contributed by atoms with Crippen LogP contribution in [0.2, 0.25) is 5.02 Å². The fourth-order valence-corrected chi connectivity index (χ4v) is 3.18. The molecule has 0 saturated heterocycles. The fraction of sp³-hybridized carbons (Fsp3) is 0.118. The molecule has 0 aliphatic carbocycles. The zero-order chi connectivity index (χ0) is 17.8. The molecule has 0 saturated carbocycles. The molecule has 25 heavy (non-hydrogen) atoms. The molecule has 2 N–H and O–H groups in total. The molecule has 0 spiro atoms. The lowest BCUT2D eigenvalue weighted by molar-refractivity contribution is -0.115. The molecule has 0 radical (unpaired) electrons. The Bertz CT molecular complexity index is 884. The second-order valence-corrected chi connectivity index (χ2v) is 6.64. The van der Waals surface area contributed by atoms with Gasteiger partial charge in [0.1, 0.15) is 0 Å². The van der Waals surface area contributed by atoms with E-state index in [0.29, 0.717) is 16.0 Å². The lowest BCUT2D eigenvalue weighted by Crippen LogP contribution is -2.28. The molecule has 0 atom stereocenters. The van der Waals surface area contributed by atoms with Crippen molar-refractivity contribution >= 4 is 35.0 Å². The molecule has 128 valence electrons. The van der Waals surface area contributed by atoms with Crippen LogP contribution in [0.4, 0.5) is 5.69 Å². The number of halogens is 1. The van der Waals surface area contributed by atoms with Crippen molar-refractivity contribution in [2.45, 2.75) is 5.16 Å². The van der Waals surface area contributed by atoms with Crippen molar-refractivity contribution in [2.24, 2.45) is 0 Å². The third kappa shape index (κ3) is 3.94. The van der Waals surface area contributed by atoms with Gasteiger partial charge in [-0.3, -0.25) is 4.79 Å². The maximum Gasteiger partial charge on any atom is 0.237 e. The van der Waals surface area contributed by atoms with E-state index < -0.39 is 0 Å². The molecule has 0 bridgehead atoms. The maximum absolute atomic E-state index is 12.3. The Morgan fingerprint density at radius 1 is 1.20 bits per heavy atom. The number of anilines is 1. The lowest BCUT2D eigenvalue weighted by Gasteiger charge is -2.16. The molecule has 0 unspecified atom stereocenters. The van der Waals surface area contributed by atoms with Crippen LogP contribution in [0, 0.1) is 0 Å². The Balaban J connectivity index is 1.69. The van der Waals surface area contributed by atoms with Gasteiger partial charge in [0, 0.05) is 23.3 Å². The third-order valence-corrected chi connectivity index (χ3v) is 4.75. The van der Waals surface area contributed by atoms with Crippen molar-refractivity contribution in [3.63, 3.8) is 0 Å². The zero-order valence-corrected chi connectivity index (χ0v) is 15.0. The minimum Gasteiger partial charge on any atom is -0.335 e. The highest BCUT2D eigenvalue weighted by molar-refractivity contribution is 7.99. The Morgan fingerprint density at radius 3 is 2.68 bits per heavy atom. The summed E-state index contributed by atoms with van der Waals surface area (Å²) in [7, 11) is 1.74. The van der Waals surface area contributed by atoms with E-state index in [2.05, 4.69) is 10.2 Å². The molecule has 0 aliphatic rings. The van der Waals surface area contributed by atoms with Crippen molar-refractivity contribution < 1.29 is 4.79 Å². The normalized spacial score (nSPS) is 10.6. The summed E-state index contributed by atoms with van der Waals surface area (Å²) in [6, 6.07) is 16.6. The van der Waals surface area contributed by atoms with Crippen LogP contribution >= 0.6 is 23.4 Å². The van der Waals surface area contributed by atoms with Gasteiger partial charge in [-0.15, -0.1) is 10.2 Å². The van der Waals surface area contributed by atoms with Crippen LogP contribution in [-0.2, 0) is 4.79 Å². The summed E-state index contributed by atoms with van der Waals surface area (Å²) < 4.78 is 1.37. The third-order valence-electron chi connectivity index (χ3n) is 3.59. The number of para-hydroxylation sites is 1. The summed E-state index contributed by atoms with van der Waals surface area (Å²) in [5.74, 6) is 6.71. The summed E-state index contributed by atoms with van der Waals surface area (Å²) in [5, 5.41) is 9.21. The SMILES string of the molecule is CN(C(=O)CSc1nnc(-c2cccc(Cl)c2)n1N)c1ccccc1. The summed E-state index contributed by atoms with van der Waals surface area (Å²) >= 11 is 7.23. The molecule has 1 amide bonds. The van der Waals surface area contributed by atoms with Gasteiger partial charge in [-0.2, -0.15) is 0 Å². The predicted octanol–water partition coefficient (Wildman–Crippen LogP) is 3.07. The molecule has 8 heteroatoms. The van der Waals surface area contributed by atoms with Crippen molar-refractivity contribution in [1.29, 1.82) is 0 Å². The number of aromatic nitrogens is 3. The van der Waals surface area contributed by atoms with Crippen LogP contribution in [0.5, 0.6) is 0 Å². The molecule has 2 aromatic carbocycles. The van der Waals surface area contributed by atoms with Crippen LogP contribution in [-0.4, -0.2) is 33.6 Å². The van der Waals surface area contributed by atoms with E-state index in [4.69, 9.17) is 17.4 Å². The van der Waals surface area contributed by atoms with Gasteiger partial charge in [0.15, 0.2) is 5.82 Å². The monoisotopic (exact) mass is 373 g/mol.